The topological polar surface area (TPSA) is 188 Å². The van der Waals surface area contributed by atoms with Gasteiger partial charge in [-0.05, 0) is 141 Å². The van der Waals surface area contributed by atoms with Crippen LogP contribution >= 0.6 is 0 Å². The summed E-state index contributed by atoms with van der Waals surface area (Å²) in [7, 11) is 0. The second-order valence-corrected chi connectivity index (χ2v) is 21.4. The fourth-order valence-corrected chi connectivity index (χ4v) is 9.46. The lowest BCUT2D eigenvalue weighted by molar-refractivity contribution is -0.141. The lowest BCUT2D eigenvalue weighted by atomic mass is 9.60. The number of unbranched alkanes of at least 4 members (excludes halogenated alkanes) is 1. The first kappa shape index (κ1) is 52.8. The van der Waals surface area contributed by atoms with Crippen LogP contribution in [0.2, 0.25) is 0 Å². The van der Waals surface area contributed by atoms with Gasteiger partial charge in [-0.3, -0.25) is 19.2 Å². The van der Waals surface area contributed by atoms with Gasteiger partial charge in [-0.25, -0.2) is 9.59 Å². The quantitative estimate of drug-likeness (QED) is 0.0934. The number of amides is 6. The maximum atomic E-state index is 14.5. The molecule has 3 fully saturated rings. The molecule has 15 nitrogen and oxygen atoms in total. The molecule has 2 aromatic carbocycles. The summed E-state index contributed by atoms with van der Waals surface area (Å²) in [5.74, 6) is -1.85. The smallest absolute Gasteiger partial charge is 0.408 e. The molecule has 6 amide bonds. The number of hydrogen-bond acceptors (Lipinski definition) is 9. The Labute approximate surface area is 399 Å². The molecule has 1 saturated carbocycles. The highest BCUT2D eigenvalue weighted by atomic mass is 16.6. The molecule has 2 aromatic rings. The van der Waals surface area contributed by atoms with E-state index in [1.165, 1.54) is 38.8 Å². The summed E-state index contributed by atoms with van der Waals surface area (Å²) in [6, 6.07) is 15.0. The number of carbonyl (C=O) groups excluding carboxylic acids is 6. The Morgan fingerprint density at radius 3 is 1.63 bits per heavy atom. The molecule has 67 heavy (non-hydrogen) atoms. The molecule has 1 spiro atoms. The molecule has 5 rings (SSSR count). The normalized spacial score (nSPS) is 18.2. The first-order valence-electron chi connectivity index (χ1n) is 24.7. The van der Waals surface area contributed by atoms with Crippen molar-refractivity contribution >= 4 is 35.8 Å². The Kier molecular flexibility index (Phi) is 19.1. The van der Waals surface area contributed by atoms with Crippen LogP contribution < -0.4 is 26.6 Å². The SMILES string of the molecule is CC(C)C[C@@H](NC(=O)[C@@H](Cc1ccccc1)NC(=O)[C@@H](Cc1ccccc1)NC(=O)OC(C)(C)C)C(=O)N[C@H](CCCCNC(=O)OC(C)(C)C)C(=O)N1CCC2(CC1)CC(N1CCCC1)C2. The molecule has 370 valence electrons. The number of benzene rings is 2. The molecular formula is C52H79N7O8. The van der Waals surface area contributed by atoms with Gasteiger partial charge in [0, 0.05) is 38.5 Å². The second kappa shape index (κ2) is 24.2. The molecule has 15 heteroatoms. The minimum atomic E-state index is -1.14. The molecule has 2 aliphatic heterocycles. The van der Waals surface area contributed by atoms with Gasteiger partial charge >= 0.3 is 12.2 Å². The van der Waals surface area contributed by atoms with Gasteiger partial charge in [0.15, 0.2) is 0 Å². The van der Waals surface area contributed by atoms with Gasteiger partial charge in [0.25, 0.3) is 0 Å². The van der Waals surface area contributed by atoms with Gasteiger partial charge in [0.1, 0.15) is 35.4 Å². The van der Waals surface area contributed by atoms with E-state index in [0.29, 0.717) is 44.9 Å². The molecule has 0 bridgehead atoms. The van der Waals surface area contributed by atoms with Crippen LogP contribution in [0.25, 0.3) is 0 Å². The van der Waals surface area contributed by atoms with Crippen LogP contribution in [0, 0.1) is 11.3 Å². The van der Waals surface area contributed by atoms with Crippen molar-refractivity contribution in [3.8, 4) is 0 Å². The Hall–Kier alpha value is -5.18. The number of likely N-dealkylation sites (tertiary alicyclic amines) is 2. The van der Waals surface area contributed by atoms with Crippen molar-refractivity contribution in [2.45, 2.75) is 174 Å². The highest BCUT2D eigenvalue weighted by molar-refractivity contribution is 5.95. The van der Waals surface area contributed by atoms with E-state index >= 15 is 0 Å². The van der Waals surface area contributed by atoms with E-state index in [1.807, 2.05) is 79.4 Å². The average Bonchev–Trinajstić information content (AvgIpc) is 3.78. The van der Waals surface area contributed by atoms with Gasteiger partial charge in [0.05, 0.1) is 0 Å². The monoisotopic (exact) mass is 930 g/mol. The number of nitrogens with one attached hydrogen (secondary N) is 5. The van der Waals surface area contributed by atoms with E-state index in [-0.39, 0.29) is 36.5 Å². The first-order valence-corrected chi connectivity index (χ1v) is 24.7. The van der Waals surface area contributed by atoms with Crippen LogP contribution in [0.4, 0.5) is 9.59 Å². The summed E-state index contributed by atoms with van der Waals surface area (Å²) in [4.78, 5) is 87.4. The minimum Gasteiger partial charge on any atom is -0.444 e. The number of ether oxygens (including phenoxy) is 2. The van der Waals surface area contributed by atoms with Crippen LogP contribution in [0.15, 0.2) is 60.7 Å². The molecule has 2 heterocycles. The number of nitrogens with zero attached hydrogens (tertiary/aromatic N) is 2. The van der Waals surface area contributed by atoms with Crippen molar-refractivity contribution in [3.05, 3.63) is 71.8 Å². The highest BCUT2D eigenvalue weighted by Gasteiger charge is 2.49. The van der Waals surface area contributed by atoms with E-state index in [0.717, 1.165) is 24.0 Å². The van der Waals surface area contributed by atoms with E-state index in [4.69, 9.17) is 9.47 Å². The van der Waals surface area contributed by atoms with Crippen LogP contribution in [0.5, 0.6) is 0 Å². The second-order valence-electron chi connectivity index (χ2n) is 21.4. The largest absolute Gasteiger partial charge is 0.444 e. The van der Waals surface area contributed by atoms with Gasteiger partial charge in [-0.2, -0.15) is 0 Å². The predicted octanol–water partition coefficient (Wildman–Crippen LogP) is 6.43. The molecule has 0 radical (unpaired) electrons. The number of carbonyl (C=O) groups is 6. The number of alkyl carbamates (subject to hydrolysis) is 2. The highest BCUT2D eigenvalue weighted by Crippen LogP contribution is 2.51. The van der Waals surface area contributed by atoms with E-state index in [2.05, 4.69) is 31.5 Å². The standard InChI is InChI=1S/C52H79N7O8/c1-36(2)31-41(55-45(61)42(32-37-19-11-9-12-20-37)56-46(62)43(33-38-21-13-10-14-22-38)57-49(65)67-51(6,7)8)44(60)54-40(23-15-16-26-53-48(64)66-50(3,4)5)47(63)59-29-24-52(25-30-59)34-39(35-52)58-27-17-18-28-58/h9-14,19-22,36,39-43H,15-18,23-35H2,1-8H3,(H,53,64)(H,54,60)(H,55,61)(H,56,62)(H,57,65)/t40-,41-,42-,43-/m1/s1. The lowest BCUT2D eigenvalue weighted by Gasteiger charge is -2.55. The Balaban J connectivity index is 1.30. The molecule has 5 N–H and O–H groups in total. The van der Waals surface area contributed by atoms with Crippen molar-refractivity contribution in [1.29, 1.82) is 0 Å². The molecule has 2 saturated heterocycles. The third kappa shape index (κ3) is 17.4. The maximum Gasteiger partial charge on any atom is 0.408 e. The average molecular weight is 930 g/mol. The summed E-state index contributed by atoms with van der Waals surface area (Å²) in [6.45, 7) is 18.4. The third-order valence-electron chi connectivity index (χ3n) is 12.9. The van der Waals surface area contributed by atoms with Crippen LogP contribution in [0.1, 0.15) is 131 Å². The Morgan fingerprint density at radius 1 is 0.627 bits per heavy atom. The predicted molar refractivity (Wildman–Crippen MR) is 259 cm³/mol. The van der Waals surface area contributed by atoms with Gasteiger partial charge in [0.2, 0.25) is 23.6 Å². The van der Waals surface area contributed by atoms with Crippen molar-refractivity contribution in [1.82, 2.24) is 36.4 Å². The summed E-state index contributed by atoms with van der Waals surface area (Å²) in [5, 5.41) is 14.4. The molecule has 0 aromatic heterocycles. The van der Waals surface area contributed by atoms with Gasteiger partial charge < -0.3 is 45.9 Å². The Bertz CT molecular complexity index is 1930. The minimum absolute atomic E-state index is 0.0234. The molecular weight excluding hydrogens is 851 g/mol. The van der Waals surface area contributed by atoms with E-state index in [9.17, 15) is 28.8 Å². The summed E-state index contributed by atoms with van der Waals surface area (Å²) in [6.07, 6.45) is 7.41. The van der Waals surface area contributed by atoms with E-state index < -0.39 is 65.3 Å². The van der Waals surface area contributed by atoms with E-state index in [1.54, 1.807) is 41.5 Å². The van der Waals surface area contributed by atoms with Crippen molar-refractivity contribution in [2.24, 2.45) is 11.3 Å². The first-order chi connectivity index (χ1) is 31.7. The number of piperidine rings is 1. The summed E-state index contributed by atoms with van der Waals surface area (Å²) >= 11 is 0. The van der Waals surface area contributed by atoms with Crippen molar-refractivity contribution in [3.63, 3.8) is 0 Å². The Morgan fingerprint density at radius 2 is 1.10 bits per heavy atom. The van der Waals surface area contributed by atoms with Crippen LogP contribution in [0.3, 0.4) is 0 Å². The summed E-state index contributed by atoms with van der Waals surface area (Å²) in [5.41, 5.74) is 0.384. The van der Waals surface area contributed by atoms with Crippen LogP contribution in [-0.4, -0.2) is 120 Å². The number of hydrogen-bond donors (Lipinski definition) is 5. The van der Waals surface area contributed by atoms with Crippen molar-refractivity contribution < 1.29 is 38.2 Å². The van der Waals surface area contributed by atoms with Crippen LogP contribution in [-0.2, 0) is 41.5 Å². The maximum absolute atomic E-state index is 14.5. The molecule has 0 unspecified atom stereocenters. The van der Waals surface area contributed by atoms with Gasteiger partial charge in [-0.15, -0.1) is 0 Å². The third-order valence-corrected chi connectivity index (χ3v) is 12.9. The van der Waals surface area contributed by atoms with Crippen molar-refractivity contribution in [2.75, 3.05) is 32.7 Å². The summed E-state index contributed by atoms with van der Waals surface area (Å²) < 4.78 is 10.9. The molecule has 4 atom stereocenters. The number of rotatable bonds is 20. The lowest BCUT2D eigenvalue weighted by Crippen LogP contribution is -2.60. The molecule has 3 aliphatic rings. The zero-order valence-corrected chi connectivity index (χ0v) is 41.4. The van der Waals surface area contributed by atoms with Gasteiger partial charge in [-0.1, -0.05) is 74.5 Å². The molecule has 1 aliphatic carbocycles. The fourth-order valence-electron chi connectivity index (χ4n) is 9.46. The zero-order chi connectivity index (χ0) is 48.8. The fraction of sp³-hybridized carbons (Fsp3) is 0.654. The zero-order valence-electron chi connectivity index (χ0n) is 41.4.